The molecule has 16 heavy (non-hydrogen) atoms. The fourth-order valence-corrected chi connectivity index (χ4v) is 3.02. The smallest absolute Gasteiger partial charge is 0.120 e. The first-order chi connectivity index (χ1) is 7.77. The number of thioether (sulfide) groups is 2. The number of hydrogen-bond donors (Lipinski definition) is 1. The standard InChI is InChI=1S/C12H19NOS2/c1-3-15-7-4-8-16-12-9-10(14-2)5-6-11(12)13/h5-6,9H,3-4,7-8,13H2,1-2H3. The molecule has 1 aromatic rings. The van der Waals surface area contributed by atoms with E-state index >= 15 is 0 Å². The van der Waals surface area contributed by atoms with Crippen LogP contribution in [0, 0.1) is 0 Å². The van der Waals surface area contributed by atoms with Gasteiger partial charge in [0.05, 0.1) is 7.11 Å². The Bertz CT molecular complexity index is 318. The number of benzene rings is 1. The van der Waals surface area contributed by atoms with Crippen molar-refractivity contribution in [3.05, 3.63) is 18.2 Å². The van der Waals surface area contributed by atoms with Gasteiger partial charge in [0, 0.05) is 10.6 Å². The van der Waals surface area contributed by atoms with E-state index in [9.17, 15) is 0 Å². The predicted octanol–water partition coefficient (Wildman–Crippen LogP) is 3.51. The average molecular weight is 257 g/mol. The summed E-state index contributed by atoms with van der Waals surface area (Å²) in [6.07, 6.45) is 1.22. The fraction of sp³-hybridized carbons (Fsp3) is 0.500. The molecule has 0 aliphatic carbocycles. The van der Waals surface area contributed by atoms with Crippen molar-refractivity contribution in [2.45, 2.75) is 18.2 Å². The van der Waals surface area contributed by atoms with Crippen molar-refractivity contribution in [2.75, 3.05) is 30.1 Å². The summed E-state index contributed by atoms with van der Waals surface area (Å²) < 4.78 is 5.18. The molecule has 0 bridgehead atoms. The lowest BCUT2D eigenvalue weighted by Gasteiger charge is -2.07. The molecule has 0 saturated carbocycles. The van der Waals surface area contributed by atoms with Crippen LogP contribution in [0.1, 0.15) is 13.3 Å². The topological polar surface area (TPSA) is 35.2 Å². The molecule has 1 rings (SSSR count). The van der Waals surface area contributed by atoms with Crippen LogP contribution in [0.3, 0.4) is 0 Å². The van der Waals surface area contributed by atoms with E-state index in [1.54, 1.807) is 7.11 Å². The molecular formula is C12H19NOS2. The van der Waals surface area contributed by atoms with Gasteiger partial charge < -0.3 is 10.5 Å². The molecule has 0 spiro atoms. The lowest BCUT2D eigenvalue weighted by atomic mass is 10.3. The molecule has 0 aliphatic rings. The van der Waals surface area contributed by atoms with Crippen LogP contribution in [-0.2, 0) is 0 Å². The predicted molar refractivity (Wildman–Crippen MR) is 75.7 cm³/mol. The molecular weight excluding hydrogens is 238 g/mol. The Labute approximate surface area is 106 Å². The third-order valence-electron chi connectivity index (χ3n) is 2.12. The summed E-state index contributed by atoms with van der Waals surface area (Å²) >= 11 is 3.79. The summed E-state index contributed by atoms with van der Waals surface area (Å²) in [7, 11) is 1.68. The van der Waals surface area contributed by atoms with Crippen LogP contribution in [0.5, 0.6) is 5.75 Å². The van der Waals surface area contributed by atoms with Gasteiger partial charge in [0.1, 0.15) is 5.75 Å². The van der Waals surface area contributed by atoms with Crippen LogP contribution in [0.4, 0.5) is 5.69 Å². The zero-order valence-corrected chi connectivity index (χ0v) is 11.5. The van der Waals surface area contributed by atoms with Crippen LogP contribution in [0.15, 0.2) is 23.1 Å². The second kappa shape index (κ2) is 7.74. The third kappa shape index (κ3) is 4.58. The van der Waals surface area contributed by atoms with E-state index in [4.69, 9.17) is 10.5 Å². The number of anilines is 1. The van der Waals surface area contributed by atoms with Crippen molar-refractivity contribution in [3.63, 3.8) is 0 Å². The second-order valence-electron chi connectivity index (χ2n) is 3.30. The Morgan fingerprint density at radius 1 is 1.31 bits per heavy atom. The van der Waals surface area contributed by atoms with Crippen LogP contribution < -0.4 is 10.5 Å². The molecule has 0 unspecified atom stereocenters. The third-order valence-corrected chi connectivity index (χ3v) is 4.26. The van der Waals surface area contributed by atoms with Gasteiger partial charge in [-0.05, 0) is 41.9 Å². The van der Waals surface area contributed by atoms with Crippen LogP contribution in [0.2, 0.25) is 0 Å². The van der Waals surface area contributed by atoms with E-state index in [2.05, 4.69) is 6.92 Å². The van der Waals surface area contributed by atoms with Crippen molar-refractivity contribution < 1.29 is 4.74 Å². The van der Waals surface area contributed by atoms with Crippen molar-refractivity contribution in [1.29, 1.82) is 0 Å². The maximum atomic E-state index is 5.90. The molecule has 0 heterocycles. The summed E-state index contributed by atoms with van der Waals surface area (Å²) in [4.78, 5) is 1.13. The Balaban J connectivity index is 2.40. The molecule has 0 aliphatic heterocycles. The van der Waals surface area contributed by atoms with Gasteiger partial charge >= 0.3 is 0 Å². The Hall–Kier alpha value is -0.480. The molecule has 1 aromatic carbocycles. The number of nitrogens with two attached hydrogens (primary N) is 1. The van der Waals surface area contributed by atoms with Crippen molar-refractivity contribution in [1.82, 2.24) is 0 Å². The Morgan fingerprint density at radius 3 is 2.81 bits per heavy atom. The zero-order chi connectivity index (χ0) is 11.8. The number of rotatable bonds is 7. The molecule has 4 heteroatoms. The minimum absolute atomic E-state index is 0.842. The van der Waals surface area contributed by atoms with E-state index in [0.717, 1.165) is 22.1 Å². The van der Waals surface area contributed by atoms with Crippen molar-refractivity contribution >= 4 is 29.2 Å². The van der Waals surface area contributed by atoms with E-state index in [1.165, 1.54) is 17.9 Å². The molecule has 0 amide bonds. The van der Waals surface area contributed by atoms with Gasteiger partial charge in [0.25, 0.3) is 0 Å². The normalized spacial score (nSPS) is 10.4. The van der Waals surface area contributed by atoms with Gasteiger partial charge in [-0.2, -0.15) is 11.8 Å². The van der Waals surface area contributed by atoms with E-state index in [-0.39, 0.29) is 0 Å². The molecule has 90 valence electrons. The first-order valence-electron chi connectivity index (χ1n) is 5.42. The minimum atomic E-state index is 0.842. The quantitative estimate of drug-likeness (QED) is 0.460. The van der Waals surface area contributed by atoms with Crippen LogP contribution >= 0.6 is 23.5 Å². The number of ether oxygens (including phenoxy) is 1. The average Bonchev–Trinajstić information content (AvgIpc) is 2.31. The highest BCUT2D eigenvalue weighted by molar-refractivity contribution is 8.00. The van der Waals surface area contributed by atoms with E-state index in [0.29, 0.717) is 0 Å². The number of methoxy groups -OCH3 is 1. The summed E-state index contributed by atoms with van der Waals surface area (Å²) in [5.74, 6) is 4.42. The van der Waals surface area contributed by atoms with Gasteiger partial charge in [-0.1, -0.05) is 6.92 Å². The Morgan fingerprint density at radius 2 is 2.12 bits per heavy atom. The molecule has 0 aromatic heterocycles. The lowest BCUT2D eigenvalue weighted by Crippen LogP contribution is -1.92. The van der Waals surface area contributed by atoms with Crippen molar-refractivity contribution in [3.8, 4) is 5.75 Å². The summed E-state index contributed by atoms with van der Waals surface area (Å²) in [6, 6.07) is 5.81. The highest BCUT2D eigenvalue weighted by Gasteiger charge is 2.02. The minimum Gasteiger partial charge on any atom is -0.497 e. The van der Waals surface area contributed by atoms with Gasteiger partial charge in [-0.25, -0.2) is 0 Å². The molecule has 0 fully saturated rings. The zero-order valence-electron chi connectivity index (χ0n) is 9.86. The fourth-order valence-electron chi connectivity index (χ4n) is 1.25. The number of hydrogen-bond acceptors (Lipinski definition) is 4. The highest BCUT2D eigenvalue weighted by Crippen LogP contribution is 2.29. The van der Waals surface area contributed by atoms with Crippen LogP contribution in [-0.4, -0.2) is 24.4 Å². The van der Waals surface area contributed by atoms with Crippen LogP contribution in [0.25, 0.3) is 0 Å². The Kier molecular flexibility index (Phi) is 6.57. The monoisotopic (exact) mass is 257 g/mol. The summed E-state index contributed by atoms with van der Waals surface area (Å²) in [5.41, 5.74) is 6.75. The van der Waals surface area contributed by atoms with E-state index < -0.39 is 0 Å². The summed E-state index contributed by atoms with van der Waals surface area (Å²) in [6.45, 7) is 2.19. The van der Waals surface area contributed by atoms with Crippen molar-refractivity contribution in [2.24, 2.45) is 0 Å². The molecule has 0 radical (unpaired) electrons. The first-order valence-corrected chi connectivity index (χ1v) is 7.56. The largest absolute Gasteiger partial charge is 0.497 e. The molecule has 0 saturated heterocycles. The molecule has 0 atom stereocenters. The van der Waals surface area contributed by atoms with Gasteiger partial charge in [-0.15, -0.1) is 11.8 Å². The maximum absolute atomic E-state index is 5.90. The first kappa shape index (κ1) is 13.6. The van der Waals surface area contributed by atoms with E-state index in [1.807, 2.05) is 41.7 Å². The van der Waals surface area contributed by atoms with Gasteiger partial charge in [-0.3, -0.25) is 0 Å². The van der Waals surface area contributed by atoms with Gasteiger partial charge in [0.2, 0.25) is 0 Å². The van der Waals surface area contributed by atoms with Gasteiger partial charge in [0.15, 0.2) is 0 Å². The maximum Gasteiger partial charge on any atom is 0.120 e. The highest BCUT2D eigenvalue weighted by atomic mass is 32.2. The second-order valence-corrected chi connectivity index (χ2v) is 5.83. The lowest BCUT2D eigenvalue weighted by molar-refractivity contribution is 0.414. The molecule has 2 N–H and O–H groups in total. The number of nitrogen functional groups attached to an aromatic ring is 1. The SMILES string of the molecule is CCSCCCSc1cc(OC)ccc1N. The summed E-state index contributed by atoms with van der Waals surface area (Å²) in [5, 5.41) is 0. The molecule has 2 nitrogen and oxygen atoms in total.